The summed E-state index contributed by atoms with van der Waals surface area (Å²) in [6.45, 7) is 6.74. The van der Waals surface area contributed by atoms with E-state index in [2.05, 4.69) is 21.7 Å². The van der Waals surface area contributed by atoms with Crippen LogP contribution in [0.4, 0.5) is 0 Å². The van der Waals surface area contributed by atoms with Crippen molar-refractivity contribution in [1.29, 1.82) is 0 Å². The van der Waals surface area contributed by atoms with Crippen LogP contribution in [-0.4, -0.2) is 53.5 Å². The van der Waals surface area contributed by atoms with Crippen LogP contribution in [0.3, 0.4) is 0 Å². The van der Waals surface area contributed by atoms with E-state index in [0.717, 1.165) is 61.1 Å². The lowest BCUT2D eigenvalue weighted by Crippen LogP contribution is -2.37. The number of fused-ring (bicyclic) bond motifs is 2. The lowest BCUT2D eigenvalue weighted by Gasteiger charge is -2.35. The number of rotatable bonds is 6. The number of piperidine rings is 1. The zero-order chi connectivity index (χ0) is 24.7. The molecule has 1 amide bonds. The van der Waals surface area contributed by atoms with E-state index in [1.807, 2.05) is 38.1 Å². The number of aromatic nitrogens is 1. The molecule has 1 aromatic heterocycles. The number of amides is 1. The Morgan fingerprint density at radius 3 is 2.66 bits per heavy atom. The van der Waals surface area contributed by atoms with Gasteiger partial charge < -0.3 is 24.7 Å². The molecule has 7 nitrogen and oxygen atoms in total. The summed E-state index contributed by atoms with van der Waals surface area (Å²) >= 11 is 0. The highest BCUT2D eigenvalue weighted by atomic mass is 16.5. The van der Waals surface area contributed by atoms with Crippen LogP contribution in [0, 0.1) is 0 Å². The quantitative estimate of drug-likeness (QED) is 0.572. The lowest BCUT2D eigenvalue weighted by atomic mass is 9.90. The van der Waals surface area contributed by atoms with Crippen molar-refractivity contribution < 1.29 is 19.1 Å². The van der Waals surface area contributed by atoms with E-state index >= 15 is 0 Å². The number of benzene rings is 2. The van der Waals surface area contributed by atoms with Crippen molar-refractivity contribution in [2.24, 2.45) is 5.73 Å². The first-order valence-corrected chi connectivity index (χ1v) is 12.3. The summed E-state index contributed by atoms with van der Waals surface area (Å²) in [7, 11) is 1.66. The molecule has 1 fully saturated rings. The van der Waals surface area contributed by atoms with Crippen molar-refractivity contribution in [2.45, 2.75) is 51.2 Å². The van der Waals surface area contributed by atoms with E-state index in [1.54, 1.807) is 13.2 Å². The van der Waals surface area contributed by atoms with Crippen molar-refractivity contribution in [2.75, 3.05) is 26.7 Å². The van der Waals surface area contributed by atoms with Gasteiger partial charge in [-0.05, 0) is 68.8 Å². The number of ether oxygens (including phenoxy) is 2. The van der Waals surface area contributed by atoms with E-state index in [4.69, 9.17) is 15.2 Å². The average molecular weight is 476 g/mol. The molecule has 184 valence electrons. The van der Waals surface area contributed by atoms with Crippen LogP contribution in [0.2, 0.25) is 0 Å². The molecule has 3 aromatic rings. The van der Waals surface area contributed by atoms with Gasteiger partial charge in [0.1, 0.15) is 17.1 Å². The number of carbonyl (C=O) groups excluding carboxylic acids is 2. The molecule has 0 saturated carbocycles. The maximum Gasteiger partial charge on any atom is 0.248 e. The Bertz CT molecular complexity index is 1280. The molecule has 2 aromatic carbocycles. The highest BCUT2D eigenvalue weighted by molar-refractivity contribution is 6.01. The van der Waals surface area contributed by atoms with E-state index in [1.165, 1.54) is 0 Å². The highest BCUT2D eigenvalue weighted by Crippen LogP contribution is 2.40. The van der Waals surface area contributed by atoms with Crippen molar-refractivity contribution in [3.8, 4) is 11.5 Å². The third kappa shape index (κ3) is 4.52. The molecule has 7 heteroatoms. The standard InChI is InChI=1S/C28H33N3O4/c1-28(2)17-24(32)21-6-7-25(34-3)22(26(21)35-28)11-14-30-12-9-20(10-13-30)31-15-8-18-4-5-19(27(29)33)16-23(18)31/h4-8,15-16,20H,9-14,17H2,1-3H3,(H2,29,33). The number of ketones is 1. The SMILES string of the molecule is COc1ccc2c(c1CCN1CCC(n3ccc4ccc(C(N)=O)cc43)CC1)OC(C)(C)CC2=O. The Morgan fingerprint density at radius 2 is 1.94 bits per heavy atom. The second kappa shape index (κ2) is 9.04. The van der Waals surface area contributed by atoms with Gasteiger partial charge in [-0.15, -0.1) is 0 Å². The number of Topliss-reactive ketones (excluding diaryl/α,β-unsaturated/α-hetero) is 1. The Morgan fingerprint density at radius 1 is 1.17 bits per heavy atom. The number of hydrogen-bond acceptors (Lipinski definition) is 5. The molecule has 5 rings (SSSR count). The first kappa shape index (κ1) is 23.4. The van der Waals surface area contributed by atoms with Gasteiger partial charge >= 0.3 is 0 Å². The molecule has 0 bridgehead atoms. The first-order chi connectivity index (χ1) is 16.8. The average Bonchev–Trinajstić information content (AvgIpc) is 3.25. The zero-order valence-corrected chi connectivity index (χ0v) is 20.7. The van der Waals surface area contributed by atoms with Crippen LogP contribution in [0.1, 0.15) is 65.4 Å². The van der Waals surface area contributed by atoms with E-state index in [-0.39, 0.29) is 5.78 Å². The van der Waals surface area contributed by atoms with Crippen molar-refractivity contribution in [3.63, 3.8) is 0 Å². The molecule has 2 N–H and O–H groups in total. The van der Waals surface area contributed by atoms with Crippen LogP contribution in [-0.2, 0) is 6.42 Å². The fourth-order valence-corrected chi connectivity index (χ4v) is 5.48. The van der Waals surface area contributed by atoms with Gasteiger partial charge in [0, 0.05) is 48.5 Å². The number of carbonyl (C=O) groups is 2. The van der Waals surface area contributed by atoms with Crippen molar-refractivity contribution >= 4 is 22.6 Å². The Hall–Kier alpha value is -3.32. The summed E-state index contributed by atoms with van der Waals surface area (Å²) in [5.41, 5.74) is 8.22. The monoisotopic (exact) mass is 475 g/mol. The summed E-state index contributed by atoms with van der Waals surface area (Å²) in [5, 5.41) is 1.12. The Kier molecular flexibility index (Phi) is 6.05. The van der Waals surface area contributed by atoms with Gasteiger partial charge in [0.05, 0.1) is 19.1 Å². The predicted octanol–water partition coefficient (Wildman–Crippen LogP) is 4.37. The van der Waals surface area contributed by atoms with Gasteiger partial charge in [0.2, 0.25) is 5.91 Å². The Labute approximate surface area is 205 Å². The fraction of sp³-hybridized carbons (Fsp3) is 0.429. The lowest BCUT2D eigenvalue weighted by molar-refractivity contribution is 0.0610. The molecule has 0 unspecified atom stereocenters. The van der Waals surface area contributed by atoms with E-state index in [9.17, 15) is 9.59 Å². The molecule has 2 aliphatic rings. The number of nitrogens with zero attached hydrogens (tertiary/aromatic N) is 2. The van der Waals surface area contributed by atoms with Crippen molar-refractivity contribution in [3.05, 3.63) is 59.3 Å². The van der Waals surface area contributed by atoms with Crippen LogP contribution in [0.5, 0.6) is 11.5 Å². The second-order valence-electron chi connectivity index (χ2n) is 10.3. The summed E-state index contributed by atoms with van der Waals surface area (Å²) in [4.78, 5) is 26.8. The molecule has 2 aliphatic heterocycles. The highest BCUT2D eigenvalue weighted by Gasteiger charge is 2.35. The minimum atomic E-state index is -0.516. The fourth-order valence-electron chi connectivity index (χ4n) is 5.48. The molecular weight excluding hydrogens is 442 g/mol. The maximum absolute atomic E-state index is 12.7. The topological polar surface area (TPSA) is 86.8 Å². The summed E-state index contributed by atoms with van der Waals surface area (Å²) in [6, 6.07) is 11.8. The van der Waals surface area contributed by atoms with Gasteiger partial charge in [-0.1, -0.05) is 6.07 Å². The van der Waals surface area contributed by atoms with Gasteiger partial charge in [-0.25, -0.2) is 0 Å². The van der Waals surface area contributed by atoms with Crippen molar-refractivity contribution in [1.82, 2.24) is 9.47 Å². The summed E-state index contributed by atoms with van der Waals surface area (Å²) < 4.78 is 14.2. The van der Waals surface area contributed by atoms with Crippen LogP contribution in [0.25, 0.3) is 10.9 Å². The zero-order valence-electron chi connectivity index (χ0n) is 20.7. The largest absolute Gasteiger partial charge is 0.496 e. The van der Waals surface area contributed by atoms with Crippen LogP contribution >= 0.6 is 0 Å². The van der Waals surface area contributed by atoms with E-state index in [0.29, 0.717) is 29.3 Å². The molecule has 0 spiro atoms. The van der Waals surface area contributed by atoms with Gasteiger partial charge in [-0.3, -0.25) is 9.59 Å². The molecule has 0 radical (unpaired) electrons. The third-order valence-corrected chi connectivity index (χ3v) is 7.34. The molecule has 0 aliphatic carbocycles. The third-order valence-electron chi connectivity index (χ3n) is 7.34. The minimum Gasteiger partial charge on any atom is -0.496 e. The van der Waals surface area contributed by atoms with Gasteiger partial charge in [0.15, 0.2) is 5.78 Å². The molecular formula is C28H33N3O4. The number of methoxy groups -OCH3 is 1. The number of nitrogens with two attached hydrogens (primary N) is 1. The molecule has 3 heterocycles. The number of primary amides is 1. The Balaban J connectivity index is 1.28. The first-order valence-electron chi connectivity index (χ1n) is 12.3. The van der Waals surface area contributed by atoms with Gasteiger partial charge in [0.25, 0.3) is 0 Å². The summed E-state index contributed by atoms with van der Waals surface area (Å²) in [5.74, 6) is 1.18. The maximum atomic E-state index is 12.7. The molecule has 0 atom stereocenters. The normalized spacial score (nSPS) is 18.3. The second-order valence-corrected chi connectivity index (χ2v) is 10.3. The number of hydrogen-bond donors (Lipinski definition) is 1. The number of likely N-dealkylation sites (tertiary alicyclic amines) is 1. The predicted molar refractivity (Wildman–Crippen MR) is 136 cm³/mol. The van der Waals surface area contributed by atoms with E-state index < -0.39 is 11.5 Å². The molecule has 35 heavy (non-hydrogen) atoms. The smallest absolute Gasteiger partial charge is 0.248 e. The van der Waals surface area contributed by atoms with Crippen LogP contribution in [0.15, 0.2) is 42.6 Å². The van der Waals surface area contributed by atoms with Crippen LogP contribution < -0.4 is 15.2 Å². The summed E-state index contributed by atoms with van der Waals surface area (Å²) in [6.07, 6.45) is 5.31. The van der Waals surface area contributed by atoms with Gasteiger partial charge in [-0.2, -0.15) is 0 Å². The molecule has 1 saturated heterocycles. The minimum absolute atomic E-state index is 0.124.